The predicted octanol–water partition coefficient (Wildman–Crippen LogP) is 6.25. The number of carbonyl (C=O) groups is 1. The van der Waals surface area contributed by atoms with Gasteiger partial charge in [0.15, 0.2) is 5.13 Å². The lowest BCUT2D eigenvalue weighted by Gasteiger charge is -2.06. The number of carbonyl (C=O) groups excluding carboxylic acids is 1. The van der Waals surface area contributed by atoms with Crippen LogP contribution in [0.1, 0.15) is 48.1 Å². The second-order valence-electron chi connectivity index (χ2n) is 8.71. The molecule has 0 atom stereocenters. The van der Waals surface area contributed by atoms with Crippen LogP contribution in [-0.4, -0.2) is 20.3 Å². The molecule has 2 aromatic carbocycles. The number of nitrogens with two attached hydrogens (primary N) is 1. The van der Waals surface area contributed by atoms with E-state index in [1.165, 1.54) is 61.4 Å². The van der Waals surface area contributed by atoms with Crippen LogP contribution in [0.15, 0.2) is 48.7 Å². The maximum Gasteiger partial charge on any atom is 0.180 e. The molecule has 0 saturated heterocycles. The van der Waals surface area contributed by atoms with Gasteiger partial charge in [0, 0.05) is 22.3 Å². The third-order valence-electron chi connectivity index (χ3n) is 5.86. The van der Waals surface area contributed by atoms with E-state index in [-0.39, 0.29) is 23.8 Å². The molecule has 0 radical (unpaired) electrons. The van der Waals surface area contributed by atoms with Crippen LogP contribution in [0, 0.1) is 18.6 Å². The van der Waals surface area contributed by atoms with Crippen LogP contribution in [0.4, 0.5) is 13.9 Å². The standard InChI is InChI=1S/C19H16F2N2O.C8H12N2S/c1-12-9-14(3-8-17(12)21)18-11-23(19(22-18)10-13(2)24)16-6-4-15(20)5-7-16;9-8-10-6-4-2-1-3-5-7(6)11-8/h3-9,11H,10H2,1-2H3;1-5H2,(H2,9,10). The molecule has 0 bridgehead atoms. The first-order valence-corrected chi connectivity index (χ1v) is 12.5. The van der Waals surface area contributed by atoms with E-state index in [1.807, 2.05) is 0 Å². The van der Waals surface area contributed by atoms with E-state index < -0.39 is 0 Å². The summed E-state index contributed by atoms with van der Waals surface area (Å²) in [4.78, 5) is 21.8. The number of hydrogen-bond donors (Lipinski definition) is 1. The number of thiazole rings is 1. The summed E-state index contributed by atoms with van der Waals surface area (Å²) in [6, 6.07) is 10.7. The van der Waals surface area contributed by atoms with Crippen molar-refractivity contribution in [3.05, 3.63) is 82.3 Å². The van der Waals surface area contributed by atoms with Crippen LogP contribution in [0.3, 0.4) is 0 Å². The van der Waals surface area contributed by atoms with E-state index >= 15 is 0 Å². The zero-order valence-electron chi connectivity index (χ0n) is 19.9. The summed E-state index contributed by atoms with van der Waals surface area (Å²) < 4.78 is 28.4. The quantitative estimate of drug-likeness (QED) is 0.340. The number of imidazole rings is 1. The molecule has 182 valence electrons. The van der Waals surface area contributed by atoms with Crippen molar-refractivity contribution in [3.63, 3.8) is 0 Å². The van der Waals surface area contributed by atoms with Crippen molar-refractivity contribution in [2.24, 2.45) is 0 Å². The van der Waals surface area contributed by atoms with E-state index in [9.17, 15) is 13.6 Å². The largest absolute Gasteiger partial charge is 0.375 e. The molecule has 2 heterocycles. The highest BCUT2D eigenvalue weighted by molar-refractivity contribution is 7.15. The second kappa shape index (κ2) is 10.9. The molecule has 0 amide bonds. The number of anilines is 1. The predicted molar refractivity (Wildman–Crippen MR) is 136 cm³/mol. The van der Waals surface area contributed by atoms with Crippen molar-refractivity contribution >= 4 is 22.3 Å². The molecule has 4 aromatic rings. The Balaban J connectivity index is 0.000000218. The first-order valence-electron chi connectivity index (χ1n) is 11.6. The minimum absolute atomic E-state index is 0.0224. The monoisotopic (exact) mass is 494 g/mol. The maximum absolute atomic E-state index is 13.5. The van der Waals surface area contributed by atoms with E-state index in [0.29, 0.717) is 22.8 Å². The molecular weight excluding hydrogens is 466 g/mol. The highest BCUT2D eigenvalue weighted by atomic mass is 32.1. The number of Topliss-reactive ketones (excluding diaryl/α,β-unsaturated/α-hetero) is 1. The molecule has 0 fully saturated rings. The van der Waals surface area contributed by atoms with Gasteiger partial charge in [-0.15, -0.1) is 11.3 Å². The number of nitrogens with zero attached hydrogens (tertiary/aromatic N) is 3. The molecule has 5 rings (SSSR count). The molecular formula is C27H28F2N4OS. The first kappa shape index (κ1) is 24.7. The van der Waals surface area contributed by atoms with Gasteiger partial charge in [-0.2, -0.15) is 0 Å². The number of halogens is 2. The van der Waals surface area contributed by atoms with Gasteiger partial charge < -0.3 is 10.3 Å². The van der Waals surface area contributed by atoms with Crippen molar-refractivity contribution < 1.29 is 13.6 Å². The lowest BCUT2D eigenvalue weighted by Crippen LogP contribution is -2.05. The fraction of sp³-hybridized carbons (Fsp3) is 0.296. The number of aryl methyl sites for hydroxylation is 3. The number of aromatic nitrogens is 3. The van der Waals surface area contributed by atoms with Crippen molar-refractivity contribution in [1.29, 1.82) is 0 Å². The number of hydrogen-bond acceptors (Lipinski definition) is 5. The van der Waals surface area contributed by atoms with Gasteiger partial charge in [0.05, 0.1) is 17.8 Å². The van der Waals surface area contributed by atoms with Gasteiger partial charge in [0.2, 0.25) is 0 Å². The molecule has 35 heavy (non-hydrogen) atoms. The van der Waals surface area contributed by atoms with Gasteiger partial charge in [-0.1, -0.05) is 6.42 Å². The lowest BCUT2D eigenvalue weighted by molar-refractivity contribution is -0.116. The molecule has 0 spiro atoms. The smallest absolute Gasteiger partial charge is 0.180 e. The van der Waals surface area contributed by atoms with Crippen molar-refractivity contribution in [1.82, 2.24) is 14.5 Å². The number of nitrogen functional groups attached to an aromatic ring is 1. The summed E-state index contributed by atoms with van der Waals surface area (Å²) in [7, 11) is 0. The van der Waals surface area contributed by atoms with Crippen LogP contribution in [0.25, 0.3) is 16.9 Å². The molecule has 0 unspecified atom stereocenters. The van der Waals surface area contributed by atoms with Crippen LogP contribution in [0.2, 0.25) is 0 Å². The van der Waals surface area contributed by atoms with Gasteiger partial charge >= 0.3 is 0 Å². The Morgan fingerprint density at radius 3 is 2.51 bits per heavy atom. The van der Waals surface area contributed by atoms with E-state index in [0.717, 1.165) is 17.1 Å². The topological polar surface area (TPSA) is 73.8 Å². The average Bonchev–Trinajstić information content (AvgIpc) is 3.32. The fourth-order valence-electron chi connectivity index (χ4n) is 4.08. The molecule has 8 heteroatoms. The fourth-order valence-corrected chi connectivity index (χ4v) is 5.00. The Labute approximate surface area is 207 Å². The van der Waals surface area contributed by atoms with Gasteiger partial charge in [0.25, 0.3) is 0 Å². The van der Waals surface area contributed by atoms with Crippen LogP contribution in [-0.2, 0) is 24.1 Å². The molecule has 5 nitrogen and oxygen atoms in total. The molecule has 0 aliphatic heterocycles. The maximum atomic E-state index is 13.5. The first-order chi connectivity index (χ1) is 16.8. The number of ketones is 1. The number of benzene rings is 2. The molecule has 1 aliphatic carbocycles. The molecule has 0 saturated carbocycles. The van der Waals surface area contributed by atoms with Crippen molar-refractivity contribution in [3.8, 4) is 16.9 Å². The van der Waals surface area contributed by atoms with Gasteiger partial charge in [0.1, 0.15) is 23.2 Å². The molecule has 2 aromatic heterocycles. The highest BCUT2D eigenvalue weighted by Crippen LogP contribution is 2.27. The number of rotatable bonds is 4. The summed E-state index contributed by atoms with van der Waals surface area (Å²) in [6.45, 7) is 3.18. The normalized spacial score (nSPS) is 12.9. The Bertz CT molecular complexity index is 1300. The Hall–Kier alpha value is -3.39. The third kappa shape index (κ3) is 6.19. The van der Waals surface area contributed by atoms with Gasteiger partial charge in [-0.3, -0.25) is 4.79 Å². The average molecular weight is 495 g/mol. The molecule has 1 aliphatic rings. The zero-order chi connectivity index (χ0) is 24.9. The van der Waals surface area contributed by atoms with E-state index in [1.54, 1.807) is 53.3 Å². The van der Waals surface area contributed by atoms with Gasteiger partial charge in [-0.05, 0) is 87.6 Å². The van der Waals surface area contributed by atoms with Crippen LogP contribution in [0.5, 0.6) is 0 Å². The SMILES string of the molecule is CC(=O)Cc1nc(-c2ccc(F)c(C)c2)cn1-c1ccc(F)cc1.Nc1nc2c(s1)CCCCC2. The van der Waals surface area contributed by atoms with Crippen LogP contribution >= 0.6 is 11.3 Å². The van der Waals surface area contributed by atoms with E-state index in [4.69, 9.17) is 5.73 Å². The van der Waals surface area contributed by atoms with Crippen molar-refractivity contribution in [2.75, 3.05) is 5.73 Å². The molecule has 2 N–H and O–H groups in total. The summed E-state index contributed by atoms with van der Waals surface area (Å²) in [5.41, 5.74) is 9.52. The Kier molecular flexibility index (Phi) is 7.70. The zero-order valence-corrected chi connectivity index (χ0v) is 20.7. The summed E-state index contributed by atoms with van der Waals surface area (Å²) >= 11 is 1.67. The minimum atomic E-state index is -0.332. The summed E-state index contributed by atoms with van der Waals surface area (Å²) in [6.07, 6.45) is 8.23. The Morgan fingerprint density at radius 2 is 1.80 bits per heavy atom. The lowest BCUT2D eigenvalue weighted by atomic mass is 10.1. The summed E-state index contributed by atoms with van der Waals surface area (Å²) in [5.74, 6) is -0.0704. The summed E-state index contributed by atoms with van der Waals surface area (Å²) in [5, 5.41) is 0.747. The van der Waals surface area contributed by atoms with E-state index in [2.05, 4.69) is 9.97 Å². The third-order valence-corrected chi connectivity index (χ3v) is 6.84. The van der Waals surface area contributed by atoms with Crippen molar-refractivity contribution in [2.45, 2.75) is 52.4 Å². The van der Waals surface area contributed by atoms with Gasteiger partial charge in [-0.25, -0.2) is 18.7 Å². The van der Waals surface area contributed by atoms with Crippen LogP contribution < -0.4 is 5.73 Å². The highest BCUT2D eigenvalue weighted by Gasteiger charge is 2.14. The number of fused-ring (bicyclic) bond motifs is 1. The minimum Gasteiger partial charge on any atom is -0.375 e. The second-order valence-corrected chi connectivity index (χ2v) is 9.83. The Morgan fingerprint density at radius 1 is 1.06 bits per heavy atom.